The van der Waals surface area contributed by atoms with Gasteiger partial charge >= 0.3 is 230 Å². The van der Waals surface area contributed by atoms with Gasteiger partial charge in [0.1, 0.15) is 0 Å². The zero-order valence-electron chi connectivity index (χ0n) is 23.5. The molecule has 0 nitrogen and oxygen atoms in total. The third-order valence-corrected chi connectivity index (χ3v) is 17.6. The van der Waals surface area contributed by atoms with Crippen LogP contribution in [0.2, 0.25) is 0 Å². The van der Waals surface area contributed by atoms with E-state index in [-0.39, 0.29) is 5.82 Å². The molecular formula is C34H46F2Sn. The van der Waals surface area contributed by atoms with Gasteiger partial charge in [-0.05, 0) is 0 Å². The molecule has 0 bridgehead atoms. The Morgan fingerprint density at radius 1 is 0.514 bits per heavy atom. The van der Waals surface area contributed by atoms with E-state index in [9.17, 15) is 0 Å². The van der Waals surface area contributed by atoms with E-state index in [1.54, 1.807) is 0 Å². The molecule has 200 valence electrons. The summed E-state index contributed by atoms with van der Waals surface area (Å²) in [6.45, 7) is 8.75. The van der Waals surface area contributed by atoms with E-state index in [0.717, 1.165) is 81.8 Å². The molecule has 0 heterocycles. The fraction of sp³-hybridized carbons (Fsp3) is 0.471. The van der Waals surface area contributed by atoms with Crippen molar-refractivity contribution in [2.45, 2.75) is 105 Å². The zero-order chi connectivity index (χ0) is 26.7. The number of halogens is 2. The summed E-state index contributed by atoms with van der Waals surface area (Å²) in [6, 6.07) is 19.2. The molecule has 0 aliphatic rings. The third kappa shape index (κ3) is 6.85. The van der Waals surface area contributed by atoms with Crippen LogP contribution in [-0.2, 0) is 25.7 Å². The van der Waals surface area contributed by atoms with Crippen LogP contribution in [0.3, 0.4) is 0 Å². The van der Waals surface area contributed by atoms with Crippen molar-refractivity contribution in [2.24, 2.45) is 0 Å². The average molecular weight is 611 g/mol. The molecular weight excluding hydrogens is 565 g/mol. The van der Waals surface area contributed by atoms with Crippen molar-refractivity contribution in [3.63, 3.8) is 0 Å². The average Bonchev–Trinajstić information content (AvgIpc) is 2.94. The molecule has 0 N–H and O–H groups in total. The minimum atomic E-state index is -5.13. The SMILES string of the molecule is CCCCc1c(F)[c]([Sn]([F])([c]2ccccc2)[c]2ccccc2)c(CCCC)c(CCCC)c1CCCC. The van der Waals surface area contributed by atoms with Gasteiger partial charge < -0.3 is 0 Å². The topological polar surface area (TPSA) is 0 Å². The van der Waals surface area contributed by atoms with Crippen molar-refractivity contribution < 1.29 is 7.26 Å². The first-order valence-corrected chi connectivity index (χ1v) is 20.1. The van der Waals surface area contributed by atoms with Crippen LogP contribution in [0.1, 0.15) is 101 Å². The molecule has 37 heavy (non-hydrogen) atoms. The van der Waals surface area contributed by atoms with E-state index < -0.39 is 18.9 Å². The van der Waals surface area contributed by atoms with Gasteiger partial charge in [-0.15, -0.1) is 0 Å². The molecule has 0 aliphatic heterocycles. The van der Waals surface area contributed by atoms with Crippen LogP contribution in [-0.4, -0.2) is 18.9 Å². The quantitative estimate of drug-likeness (QED) is 0.152. The maximum absolute atomic E-state index is 18.3. The molecule has 0 fully saturated rings. The van der Waals surface area contributed by atoms with Crippen molar-refractivity contribution in [1.29, 1.82) is 0 Å². The van der Waals surface area contributed by atoms with Crippen molar-refractivity contribution in [2.75, 3.05) is 0 Å². The zero-order valence-corrected chi connectivity index (χ0v) is 26.4. The fourth-order valence-corrected chi connectivity index (χ4v) is 15.2. The molecule has 3 rings (SSSR count). The van der Waals surface area contributed by atoms with E-state index in [1.807, 2.05) is 60.7 Å². The number of hydrogen-bond donors (Lipinski definition) is 0. The van der Waals surface area contributed by atoms with Gasteiger partial charge in [0, 0.05) is 0 Å². The minimum absolute atomic E-state index is 0.211. The molecule has 0 aromatic heterocycles. The monoisotopic (exact) mass is 612 g/mol. The fourth-order valence-electron chi connectivity index (χ4n) is 5.64. The molecule has 3 heteroatoms. The summed E-state index contributed by atoms with van der Waals surface area (Å²) < 4.78 is 37.4. The number of hydrogen-bond acceptors (Lipinski definition) is 0. The van der Waals surface area contributed by atoms with Crippen LogP contribution in [0.15, 0.2) is 60.7 Å². The molecule has 0 aliphatic carbocycles. The first kappa shape index (κ1) is 29.9. The summed E-state index contributed by atoms with van der Waals surface area (Å²) in [6.07, 6.45) is 11.5. The van der Waals surface area contributed by atoms with Crippen molar-refractivity contribution in [3.05, 3.63) is 88.7 Å². The number of rotatable bonds is 15. The first-order chi connectivity index (χ1) is 18.0. The molecule has 3 aromatic carbocycles. The van der Waals surface area contributed by atoms with E-state index in [1.165, 1.54) is 11.1 Å². The van der Waals surface area contributed by atoms with E-state index >= 15 is 7.26 Å². The van der Waals surface area contributed by atoms with Crippen LogP contribution in [0.25, 0.3) is 0 Å². The van der Waals surface area contributed by atoms with Gasteiger partial charge in [-0.3, -0.25) is 0 Å². The molecule has 0 saturated heterocycles. The maximum atomic E-state index is 18.3. The standard InChI is InChI=1S/C22H36F.2C6H5.FH.Sn/c1-5-9-13-18-17-22(23)21(16-12-8-4)20(15-11-7-3)19(18)14-10-6-2;2*1-2-4-6-5-3-1;;/h5-16H2,1-4H3;2*1-5H;1H;/q;;;;+1/p-1. The summed E-state index contributed by atoms with van der Waals surface area (Å²) in [5.41, 5.74) is 4.34. The Labute approximate surface area is 229 Å². The second-order valence-electron chi connectivity index (χ2n) is 10.4. The van der Waals surface area contributed by atoms with Crippen molar-refractivity contribution in [1.82, 2.24) is 0 Å². The van der Waals surface area contributed by atoms with Crippen molar-refractivity contribution >= 4 is 29.7 Å². The van der Waals surface area contributed by atoms with Gasteiger partial charge in [0.25, 0.3) is 0 Å². The summed E-state index contributed by atoms with van der Waals surface area (Å²) in [5.74, 6) is -0.211. The summed E-state index contributed by atoms with van der Waals surface area (Å²) in [5, 5.41) is 0. The van der Waals surface area contributed by atoms with E-state index in [0.29, 0.717) is 17.2 Å². The van der Waals surface area contributed by atoms with Gasteiger partial charge in [-0.2, -0.15) is 0 Å². The Bertz CT molecular complexity index is 1050. The number of benzene rings is 3. The Morgan fingerprint density at radius 2 is 0.865 bits per heavy atom. The van der Waals surface area contributed by atoms with Crippen LogP contribution in [0.5, 0.6) is 0 Å². The molecule has 0 atom stereocenters. The summed E-state index contributed by atoms with van der Waals surface area (Å²) in [4.78, 5) is 0. The molecule has 0 amide bonds. The molecule has 3 aromatic rings. The second kappa shape index (κ2) is 15.0. The molecule has 0 spiro atoms. The Kier molecular flexibility index (Phi) is 12.1. The molecule has 0 radical (unpaired) electrons. The predicted octanol–water partition coefficient (Wildman–Crippen LogP) is 8.13. The summed E-state index contributed by atoms with van der Waals surface area (Å²) in [7, 11) is 0. The normalized spacial score (nSPS) is 11.7. The van der Waals surface area contributed by atoms with Crippen LogP contribution in [0, 0.1) is 5.82 Å². The van der Waals surface area contributed by atoms with Gasteiger partial charge in [0.15, 0.2) is 0 Å². The van der Waals surface area contributed by atoms with Gasteiger partial charge in [-0.25, -0.2) is 0 Å². The van der Waals surface area contributed by atoms with Gasteiger partial charge in [0.2, 0.25) is 0 Å². The Hall–Kier alpha value is -1.68. The van der Waals surface area contributed by atoms with Gasteiger partial charge in [-0.1, -0.05) is 0 Å². The molecule has 0 unspecified atom stereocenters. The third-order valence-electron chi connectivity index (χ3n) is 7.69. The second-order valence-corrected chi connectivity index (χ2v) is 18.9. The molecule has 0 saturated carbocycles. The van der Waals surface area contributed by atoms with Crippen molar-refractivity contribution in [3.8, 4) is 0 Å². The predicted molar refractivity (Wildman–Crippen MR) is 159 cm³/mol. The summed E-state index contributed by atoms with van der Waals surface area (Å²) >= 11 is -5.13. The van der Waals surface area contributed by atoms with Crippen LogP contribution >= 0.6 is 0 Å². The van der Waals surface area contributed by atoms with Crippen LogP contribution in [0.4, 0.5) is 7.26 Å². The van der Waals surface area contributed by atoms with Crippen LogP contribution < -0.4 is 10.7 Å². The Morgan fingerprint density at radius 3 is 1.27 bits per heavy atom. The van der Waals surface area contributed by atoms with Gasteiger partial charge in [0.05, 0.1) is 0 Å². The first-order valence-electron chi connectivity index (χ1n) is 14.7. The van der Waals surface area contributed by atoms with E-state index in [4.69, 9.17) is 0 Å². The van der Waals surface area contributed by atoms with E-state index in [2.05, 4.69) is 27.7 Å². The number of unbranched alkanes of at least 4 members (excludes halogenated alkanes) is 4. The Balaban J connectivity index is 2.47.